The summed E-state index contributed by atoms with van der Waals surface area (Å²) in [5.41, 5.74) is 7.57. The molecule has 0 bridgehead atoms. The summed E-state index contributed by atoms with van der Waals surface area (Å²) in [5, 5.41) is 0. The van der Waals surface area contributed by atoms with Gasteiger partial charge in [-0.3, -0.25) is 0 Å². The lowest BCUT2D eigenvalue weighted by molar-refractivity contribution is 0.175. The fraction of sp³-hybridized carbons (Fsp3) is 0.447. The molecule has 1 aliphatic heterocycles. The van der Waals surface area contributed by atoms with Crippen LogP contribution in [0.2, 0.25) is 0 Å². The molecule has 0 saturated carbocycles. The van der Waals surface area contributed by atoms with E-state index in [1.54, 1.807) is 11.3 Å². The van der Waals surface area contributed by atoms with Gasteiger partial charge in [0.25, 0.3) is 0 Å². The molecule has 0 aliphatic carbocycles. The molecule has 0 fully saturated rings. The van der Waals surface area contributed by atoms with Crippen LogP contribution >= 0.6 is 11.3 Å². The molecule has 0 atom stereocenters. The minimum atomic E-state index is 0.515. The van der Waals surface area contributed by atoms with Gasteiger partial charge in [-0.2, -0.15) is 0 Å². The van der Waals surface area contributed by atoms with Gasteiger partial charge in [-0.15, -0.1) is 11.3 Å². The molecule has 55 heavy (non-hydrogen) atoms. The number of unbranched alkanes of at least 4 members (excludes halogenated alkanes) is 10. The Bertz CT molecular complexity index is 1870. The van der Waals surface area contributed by atoms with E-state index in [-0.39, 0.29) is 0 Å². The lowest BCUT2D eigenvalue weighted by Gasteiger charge is -2.29. The SMILES string of the molecule is CCCCCCCCOc1ccc(N(c2ccc(-c3sc(-c4cnc(C)nc4)c4c3OCCO4)cc2)c2ccc(OCCCCCCCC)cc2C)c(C)c1. The number of anilines is 3. The number of rotatable bonds is 21. The van der Waals surface area contributed by atoms with E-state index < -0.39 is 0 Å². The molecule has 0 unspecified atom stereocenters. The number of benzene rings is 3. The molecular weight excluding hydrogens is 703 g/mol. The Labute approximate surface area is 333 Å². The number of aromatic nitrogens is 2. The fourth-order valence-electron chi connectivity index (χ4n) is 7.09. The van der Waals surface area contributed by atoms with Gasteiger partial charge < -0.3 is 23.8 Å². The molecule has 3 aromatic carbocycles. The van der Waals surface area contributed by atoms with Crippen LogP contribution in [0.4, 0.5) is 17.1 Å². The maximum atomic E-state index is 6.24. The quantitative estimate of drug-likeness (QED) is 0.0690. The van der Waals surface area contributed by atoms with Crippen molar-refractivity contribution >= 4 is 28.4 Å². The van der Waals surface area contributed by atoms with Crippen molar-refractivity contribution in [1.29, 1.82) is 0 Å². The normalized spacial score (nSPS) is 12.2. The molecule has 2 aromatic heterocycles. The van der Waals surface area contributed by atoms with Crippen LogP contribution in [0, 0.1) is 20.8 Å². The molecule has 7 nitrogen and oxygen atoms in total. The minimum absolute atomic E-state index is 0.515. The summed E-state index contributed by atoms with van der Waals surface area (Å²) in [6.45, 7) is 13.3. The van der Waals surface area contributed by atoms with Crippen LogP contribution < -0.4 is 23.8 Å². The summed E-state index contributed by atoms with van der Waals surface area (Å²) in [7, 11) is 0. The Balaban J connectivity index is 1.26. The van der Waals surface area contributed by atoms with Crippen molar-refractivity contribution < 1.29 is 18.9 Å². The summed E-state index contributed by atoms with van der Waals surface area (Å²) in [4.78, 5) is 13.3. The number of thiophene rings is 1. The van der Waals surface area contributed by atoms with Crippen LogP contribution in [0.15, 0.2) is 73.1 Å². The van der Waals surface area contributed by atoms with Gasteiger partial charge in [0.15, 0.2) is 11.5 Å². The zero-order valence-corrected chi connectivity index (χ0v) is 34.4. The Hall–Kier alpha value is -4.56. The molecule has 0 amide bonds. The fourth-order valence-corrected chi connectivity index (χ4v) is 8.26. The van der Waals surface area contributed by atoms with Gasteiger partial charge in [-0.05, 0) is 98.8 Å². The van der Waals surface area contributed by atoms with Crippen LogP contribution in [-0.4, -0.2) is 36.4 Å². The first-order chi connectivity index (χ1) is 27.0. The zero-order chi connectivity index (χ0) is 38.4. The van der Waals surface area contributed by atoms with Crippen molar-refractivity contribution in [2.45, 2.75) is 112 Å². The molecule has 5 aromatic rings. The number of aryl methyl sites for hydroxylation is 3. The van der Waals surface area contributed by atoms with E-state index in [9.17, 15) is 0 Å². The number of nitrogens with zero attached hydrogens (tertiary/aromatic N) is 3. The molecule has 0 radical (unpaired) electrons. The summed E-state index contributed by atoms with van der Waals surface area (Å²) < 4.78 is 24.9. The first-order valence-electron chi connectivity index (χ1n) is 20.6. The Morgan fingerprint density at radius 2 is 1.05 bits per heavy atom. The van der Waals surface area contributed by atoms with Crippen LogP contribution in [0.5, 0.6) is 23.0 Å². The van der Waals surface area contributed by atoms with Crippen molar-refractivity contribution in [3.8, 4) is 43.9 Å². The first-order valence-corrected chi connectivity index (χ1v) is 21.4. The van der Waals surface area contributed by atoms with Crippen molar-refractivity contribution in [1.82, 2.24) is 9.97 Å². The number of ether oxygens (including phenoxy) is 4. The highest BCUT2D eigenvalue weighted by Crippen LogP contribution is 2.53. The summed E-state index contributed by atoms with van der Waals surface area (Å²) in [5.74, 6) is 4.13. The van der Waals surface area contributed by atoms with E-state index in [1.165, 1.54) is 64.2 Å². The van der Waals surface area contributed by atoms with Crippen LogP contribution in [0.3, 0.4) is 0 Å². The van der Waals surface area contributed by atoms with Gasteiger partial charge in [0.1, 0.15) is 30.5 Å². The van der Waals surface area contributed by atoms with Gasteiger partial charge in [0.2, 0.25) is 0 Å². The molecule has 0 saturated heterocycles. The summed E-state index contributed by atoms with van der Waals surface area (Å²) in [6.07, 6.45) is 18.7. The lowest BCUT2D eigenvalue weighted by Crippen LogP contribution is -2.15. The van der Waals surface area contributed by atoms with E-state index in [0.29, 0.717) is 13.2 Å². The first kappa shape index (κ1) is 40.1. The minimum Gasteiger partial charge on any atom is -0.494 e. The molecule has 0 N–H and O–H groups in total. The van der Waals surface area contributed by atoms with E-state index in [4.69, 9.17) is 18.9 Å². The van der Waals surface area contributed by atoms with Crippen molar-refractivity contribution in [3.05, 3.63) is 90.0 Å². The van der Waals surface area contributed by atoms with E-state index in [0.717, 1.165) is 104 Å². The second-order valence-electron chi connectivity index (χ2n) is 14.6. The monoisotopic (exact) mass is 761 g/mol. The highest BCUT2D eigenvalue weighted by molar-refractivity contribution is 7.19. The van der Waals surface area contributed by atoms with Crippen molar-refractivity contribution in [3.63, 3.8) is 0 Å². The highest BCUT2D eigenvalue weighted by atomic mass is 32.1. The molecule has 292 valence electrons. The van der Waals surface area contributed by atoms with Gasteiger partial charge in [0, 0.05) is 35.0 Å². The Morgan fingerprint density at radius 3 is 1.55 bits per heavy atom. The number of hydrogen-bond acceptors (Lipinski definition) is 8. The van der Waals surface area contributed by atoms with Gasteiger partial charge in [0.05, 0.1) is 23.0 Å². The Kier molecular flexibility index (Phi) is 14.9. The van der Waals surface area contributed by atoms with Gasteiger partial charge >= 0.3 is 0 Å². The van der Waals surface area contributed by atoms with Gasteiger partial charge in [-0.1, -0.05) is 90.2 Å². The molecule has 0 spiro atoms. The van der Waals surface area contributed by atoms with Crippen LogP contribution in [-0.2, 0) is 0 Å². The molecule has 1 aliphatic rings. The number of fused-ring (bicyclic) bond motifs is 1. The molecule has 3 heterocycles. The topological polar surface area (TPSA) is 65.9 Å². The predicted molar refractivity (Wildman–Crippen MR) is 228 cm³/mol. The second-order valence-corrected chi connectivity index (χ2v) is 15.7. The lowest BCUT2D eigenvalue weighted by atomic mass is 10.1. The average molecular weight is 762 g/mol. The maximum absolute atomic E-state index is 6.24. The largest absolute Gasteiger partial charge is 0.494 e. The van der Waals surface area contributed by atoms with Crippen molar-refractivity contribution in [2.75, 3.05) is 31.3 Å². The molecule has 8 heteroatoms. The average Bonchev–Trinajstić information content (AvgIpc) is 3.59. The smallest absolute Gasteiger partial charge is 0.180 e. The van der Waals surface area contributed by atoms with Crippen LogP contribution in [0.1, 0.15) is 108 Å². The molecule has 6 rings (SSSR count). The second kappa shape index (κ2) is 20.4. The summed E-state index contributed by atoms with van der Waals surface area (Å²) >= 11 is 1.66. The van der Waals surface area contributed by atoms with E-state index in [2.05, 4.69) is 103 Å². The third-order valence-electron chi connectivity index (χ3n) is 10.2. The van der Waals surface area contributed by atoms with E-state index >= 15 is 0 Å². The zero-order valence-electron chi connectivity index (χ0n) is 33.6. The van der Waals surface area contributed by atoms with Gasteiger partial charge in [-0.25, -0.2) is 9.97 Å². The third kappa shape index (κ3) is 10.6. The molecular formula is C47H59N3O4S. The van der Waals surface area contributed by atoms with E-state index in [1.807, 2.05) is 19.3 Å². The van der Waals surface area contributed by atoms with Crippen LogP contribution in [0.25, 0.3) is 20.9 Å². The number of hydrogen-bond donors (Lipinski definition) is 0. The predicted octanol–water partition coefficient (Wildman–Crippen LogP) is 13.5. The highest BCUT2D eigenvalue weighted by Gasteiger charge is 2.27. The van der Waals surface area contributed by atoms with Crippen molar-refractivity contribution in [2.24, 2.45) is 0 Å². The standard InChI is InChI=1S/C47H59N3O4S/c1-6-8-10-12-14-16-26-51-40-22-24-42(34(3)30-40)50(43-25-23-41(31-35(43)4)52-27-17-15-13-11-9-7-2)39-20-18-37(19-21-39)46-44-45(54-29-28-53-44)47(55-46)38-32-48-36(5)49-33-38/h18-25,30-33H,6-17,26-29H2,1-5H3. The third-order valence-corrected chi connectivity index (χ3v) is 11.4. The Morgan fingerprint density at radius 1 is 0.582 bits per heavy atom. The summed E-state index contributed by atoms with van der Waals surface area (Å²) in [6, 6.07) is 21.7. The maximum Gasteiger partial charge on any atom is 0.180 e.